The smallest absolute Gasteiger partial charge is 0.264 e. The van der Waals surface area contributed by atoms with Crippen molar-refractivity contribution in [2.45, 2.75) is 38.1 Å². The van der Waals surface area contributed by atoms with Gasteiger partial charge in [0.1, 0.15) is 0 Å². The third-order valence-electron chi connectivity index (χ3n) is 4.82. The van der Waals surface area contributed by atoms with E-state index in [1.165, 1.54) is 43.9 Å². The van der Waals surface area contributed by atoms with Gasteiger partial charge in [0.25, 0.3) is 5.91 Å². The quantitative estimate of drug-likeness (QED) is 0.602. The van der Waals surface area contributed by atoms with E-state index in [-0.39, 0.29) is 5.91 Å². The molecule has 7 heteroatoms. The fourth-order valence-corrected chi connectivity index (χ4v) is 4.56. The molecule has 4 rings (SSSR count). The zero-order valence-electron chi connectivity index (χ0n) is 14.6. The molecule has 1 aliphatic carbocycles. The van der Waals surface area contributed by atoms with E-state index >= 15 is 0 Å². The molecule has 1 aromatic carbocycles. The minimum atomic E-state index is -0.135. The summed E-state index contributed by atoms with van der Waals surface area (Å²) in [6.07, 6.45) is 12.6. The third kappa shape index (κ3) is 4.42. The lowest BCUT2D eigenvalue weighted by Crippen LogP contribution is -2.19. The molecule has 0 spiro atoms. The van der Waals surface area contributed by atoms with Crippen molar-refractivity contribution >= 4 is 57.8 Å². The van der Waals surface area contributed by atoms with Crippen molar-refractivity contribution in [3.05, 3.63) is 57.2 Å². The second kappa shape index (κ2) is 8.13. The van der Waals surface area contributed by atoms with E-state index in [2.05, 4.69) is 33.3 Å². The number of nitrogens with zero attached hydrogens (tertiary/aromatic N) is 2. The van der Waals surface area contributed by atoms with Crippen LogP contribution in [-0.4, -0.2) is 15.6 Å². The van der Waals surface area contributed by atoms with Crippen LogP contribution in [0.25, 0.3) is 6.08 Å². The molecule has 140 valence electrons. The summed E-state index contributed by atoms with van der Waals surface area (Å²) < 4.78 is 2.29. The van der Waals surface area contributed by atoms with Gasteiger partial charge in [-0.05, 0) is 60.5 Å². The lowest BCUT2D eigenvalue weighted by Gasteiger charge is -2.23. The van der Waals surface area contributed by atoms with Crippen molar-refractivity contribution in [2.75, 3.05) is 0 Å². The Morgan fingerprint density at radius 3 is 2.74 bits per heavy atom. The number of thioether (sulfide) groups is 1. The molecule has 2 heterocycles. The van der Waals surface area contributed by atoms with Gasteiger partial charge in [-0.15, -0.1) is 0 Å². The molecule has 0 radical (unpaired) electrons. The Morgan fingerprint density at radius 1 is 1.15 bits per heavy atom. The van der Waals surface area contributed by atoms with Gasteiger partial charge in [-0.1, -0.05) is 42.5 Å². The molecule has 2 aliphatic rings. The number of hydrogen-bond acceptors (Lipinski definition) is 3. The number of aliphatic imine (C=N–C) groups is 1. The number of nitrogens with one attached hydrogen (secondary N) is 1. The Bertz CT molecular complexity index is 929. The molecule has 2 aromatic rings. The van der Waals surface area contributed by atoms with Crippen molar-refractivity contribution in [3.63, 3.8) is 0 Å². The van der Waals surface area contributed by atoms with Gasteiger partial charge >= 0.3 is 0 Å². The van der Waals surface area contributed by atoms with Gasteiger partial charge in [-0.3, -0.25) is 4.79 Å². The summed E-state index contributed by atoms with van der Waals surface area (Å²) in [5.74, 6) is -0.135. The fourth-order valence-electron chi connectivity index (χ4n) is 3.43. The van der Waals surface area contributed by atoms with E-state index in [4.69, 9.17) is 23.2 Å². The van der Waals surface area contributed by atoms with Crippen molar-refractivity contribution in [2.24, 2.45) is 4.99 Å². The first-order chi connectivity index (χ1) is 13.1. The van der Waals surface area contributed by atoms with Gasteiger partial charge < -0.3 is 9.88 Å². The maximum Gasteiger partial charge on any atom is 0.264 e. The number of aromatic nitrogens is 1. The van der Waals surface area contributed by atoms with Gasteiger partial charge in [0.05, 0.1) is 20.6 Å². The molecule has 2 fully saturated rings. The summed E-state index contributed by atoms with van der Waals surface area (Å²) in [4.78, 5) is 17.3. The van der Waals surface area contributed by atoms with Crippen LogP contribution in [0.3, 0.4) is 0 Å². The van der Waals surface area contributed by atoms with Crippen molar-refractivity contribution in [1.29, 1.82) is 0 Å². The molecule has 1 saturated carbocycles. The van der Waals surface area contributed by atoms with Crippen LogP contribution in [0, 0.1) is 0 Å². The second-order valence-corrected chi connectivity index (χ2v) is 8.61. The van der Waals surface area contributed by atoms with E-state index in [0.717, 1.165) is 5.56 Å². The van der Waals surface area contributed by atoms with Crippen LogP contribution in [0.2, 0.25) is 10.0 Å². The van der Waals surface area contributed by atoms with E-state index < -0.39 is 0 Å². The Labute approximate surface area is 172 Å². The average molecular weight is 420 g/mol. The first kappa shape index (κ1) is 18.7. The maximum atomic E-state index is 12.3. The van der Waals surface area contributed by atoms with Crippen LogP contribution >= 0.6 is 35.0 Å². The lowest BCUT2D eigenvalue weighted by molar-refractivity contribution is -0.115. The average Bonchev–Trinajstić information content (AvgIpc) is 3.26. The molecule has 1 amide bonds. The van der Waals surface area contributed by atoms with Crippen molar-refractivity contribution < 1.29 is 4.79 Å². The molecular formula is C20H19Cl2N3OS. The first-order valence-corrected chi connectivity index (χ1v) is 10.6. The molecule has 1 aromatic heterocycles. The predicted molar refractivity (Wildman–Crippen MR) is 114 cm³/mol. The second-order valence-electron chi connectivity index (χ2n) is 6.76. The number of amides is 1. The summed E-state index contributed by atoms with van der Waals surface area (Å²) in [5, 5.41) is 4.25. The topological polar surface area (TPSA) is 46.4 Å². The van der Waals surface area contributed by atoms with Crippen molar-refractivity contribution in [3.8, 4) is 0 Å². The number of rotatable bonds is 3. The summed E-state index contributed by atoms with van der Waals surface area (Å²) in [6.45, 7) is 0. The Hall–Kier alpha value is -1.69. The normalized spacial score (nSPS) is 21.2. The third-order valence-corrected chi connectivity index (χ3v) is 6.46. The highest BCUT2D eigenvalue weighted by atomic mass is 35.5. The SMILES string of the molecule is O=C1NC(=Nc2ccc(Cl)c(Cl)c2)S/C1=C/c1ccn(C2CCCCC2)c1. The Morgan fingerprint density at radius 2 is 1.96 bits per heavy atom. The van der Waals surface area contributed by atoms with Crippen LogP contribution < -0.4 is 5.32 Å². The largest absolute Gasteiger partial charge is 0.351 e. The molecular weight excluding hydrogens is 401 g/mol. The highest BCUT2D eigenvalue weighted by Gasteiger charge is 2.24. The fraction of sp³-hybridized carbons (Fsp3) is 0.300. The number of carbonyl (C=O) groups is 1. The monoisotopic (exact) mass is 419 g/mol. The number of benzene rings is 1. The van der Waals surface area contributed by atoms with Crippen LogP contribution in [0.5, 0.6) is 0 Å². The minimum absolute atomic E-state index is 0.135. The molecule has 1 N–H and O–H groups in total. The Balaban J connectivity index is 1.49. The zero-order valence-corrected chi connectivity index (χ0v) is 16.9. The van der Waals surface area contributed by atoms with E-state index in [9.17, 15) is 4.79 Å². The van der Waals surface area contributed by atoms with Gasteiger partial charge in [-0.2, -0.15) is 0 Å². The number of carbonyl (C=O) groups excluding carboxylic acids is 1. The maximum absolute atomic E-state index is 12.3. The molecule has 27 heavy (non-hydrogen) atoms. The molecule has 1 aliphatic heterocycles. The molecule has 0 atom stereocenters. The predicted octanol–water partition coefficient (Wildman–Crippen LogP) is 6.19. The molecule has 0 unspecified atom stereocenters. The molecule has 4 nitrogen and oxygen atoms in total. The van der Waals surface area contributed by atoms with Gasteiger partial charge in [-0.25, -0.2) is 4.99 Å². The van der Waals surface area contributed by atoms with Gasteiger partial charge in [0.15, 0.2) is 5.17 Å². The highest BCUT2D eigenvalue weighted by molar-refractivity contribution is 8.18. The van der Waals surface area contributed by atoms with E-state index in [0.29, 0.717) is 31.8 Å². The summed E-state index contributed by atoms with van der Waals surface area (Å²) >= 11 is 13.3. The lowest BCUT2D eigenvalue weighted by atomic mass is 9.95. The van der Waals surface area contributed by atoms with Gasteiger partial charge in [0, 0.05) is 18.4 Å². The van der Waals surface area contributed by atoms with E-state index in [1.807, 2.05) is 6.08 Å². The molecule has 0 bridgehead atoms. The first-order valence-electron chi connectivity index (χ1n) is 9.00. The van der Waals surface area contributed by atoms with Crippen LogP contribution in [0.15, 0.2) is 46.6 Å². The van der Waals surface area contributed by atoms with Crippen molar-refractivity contribution in [1.82, 2.24) is 9.88 Å². The molecule has 1 saturated heterocycles. The zero-order chi connectivity index (χ0) is 18.8. The number of hydrogen-bond donors (Lipinski definition) is 1. The summed E-state index contributed by atoms with van der Waals surface area (Å²) in [7, 11) is 0. The minimum Gasteiger partial charge on any atom is -0.351 e. The van der Waals surface area contributed by atoms with E-state index in [1.54, 1.807) is 18.2 Å². The number of halogens is 2. The number of amidine groups is 1. The summed E-state index contributed by atoms with van der Waals surface area (Å²) in [6, 6.07) is 7.77. The Kier molecular flexibility index (Phi) is 5.62. The summed E-state index contributed by atoms with van der Waals surface area (Å²) in [5.41, 5.74) is 1.69. The highest BCUT2D eigenvalue weighted by Crippen LogP contribution is 2.32. The van der Waals surface area contributed by atoms with Crippen LogP contribution in [-0.2, 0) is 4.79 Å². The van der Waals surface area contributed by atoms with Crippen LogP contribution in [0.1, 0.15) is 43.7 Å². The van der Waals surface area contributed by atoms with Crippen LogP contribution in [0.4, 0.5) is 5.69 Å². The standard InChI is InChI=1S/C20H19Cl2N3OS/c21-16-7-6-14(11-17(16)22)23-20-24-19(26)18(27-20)10-13-8-9-25(12-13)15-4-2-1-3-5-15/h6-12,15H,1-5H2,(H,23,24,26)/b18-10+. The van der Waals surface area contributed by atoms with Gasteiger partial charge in [0.2, 0.25) is 0 Å².